The van der Waals surface area contributed by atoms with Gasteiger partial charge in [0.15, 0.2) is 0 Å². The van der Waals surface area contributed by atoms with E-state index in [1.54, 1.807) is 6.26 Å². The second-order valence-corrected chi connectivity index (χ2v) is 7.19. The minimum atomic E-state index is -0.244. The highest BCUT2D eigenvalue weighted by Crippen LogP contribution is 2.27. The highest BCUT2D eigenvalue weighted by molar-refractivity contribution is 5.87. The molecule has 2 aromatic heterocycles. The molecular formula is C22H26N4O3. The molecule has 152 valence electrons. The summed E-state index contributed by atoms with van der Waals surface area (Å²) in [5, 5.41) is 3.99. The Labute approximate surface area is 170 Å². The third-order valence-corrected chi connectivity index (χ3v) is 5.22. The Bertz CT molecular complexity index is 987. The van der Waals surface area contributed by atoms with Gasteiger partial charge in [-0.1, -0.05) is 0 Å². The number of hydrogen-bond acceptors (Lipinski definition) is 6. The molecule has 1 saturated heterocycles. The Balaban J connectivity index is 1.49. The van der Waals surface area contributed by atoms with Crippen molar-refractivity contribution < 1.29 is 13.9 Å². The third-order valence-electron chi connectivity index (χ3n) is 5.22. The minimum absolute atomic E-state index is 0.0158. The van der Waals surface area contributed by atoms with E-state index in [9.17, 15) is 4.79 Å². The molecule has 0 aliphatic carbocycles. The van der Waals surface area contributed by atoms with Gasteiger partial charge in [-0.3, -0.25) is 4.79 Å². The van der Waals surface area contributed by atoms with E-state index < -0.39 is 0 Å². The van der Waals surface area contributed by atoms with Crippen LogP contribution >= 0.6 is 0 Å². The van der Waals surface area contributed by atoms with Crippen molar-refractivity contribution in [3.63, 3.8) is 0 Å². The molecule has 0 unspecified atom stereocenters. The molecule has 1 aliphatic heterocycles. The first-order valence-corrected chi connectivity index (χ1v) is 10.1. The first kappa shape index (κ1) is 19.2. The standard InChI is InChI=1S/C22H26N4O3/c1-3-28-17-8-9-19-18(14-17)15(2)24-22(25-19)26-12-4-7-20(26)21(27)23-11-10-16-6-5-13-29-16/h5-6,8-9,13-14,20H,3-4,7,10-12H2,1-2H3,(H,23,27)/t20-/m0/s1. The molecule has 1 N–H and O–H groups in total. The Morgan fingerprint density at radius 3 is 3.03 bits per heavy atom. The molecule has 1 fully saturated rings. The highest BCUT2D eigenvalue weighted by atomic mass is 16.5. The average molecular weight is 394 g/mol. The number of ether oxygens (including phenoxy) is 1. The SMILES string of the molecule is CCOc1ccc2nc(N3CCC[C@H]3C(=O)NCCc3ccco3)nc(C)c2c1. The topological polar surface area (TPSA) is 80.5 Å². The van der Waals surface area contributed by atoms with Crippen molar-refractivity contribution in [2.75, 3.05) is 24.6 Å². The molecule has 4 rings (SSSR count). The molecule has 7 heteroatoms. The van der Waals surface area contributed by atoms with Crippen LogP contribution in [0.1, 0.15) is 31.2 Å². The van der Waals surface area contributed by atoms with Gasteiger partial charge in [0.25, 0.3) is 0 Å². The second kappa shape index (κ2) is 8.51. The number of anilines is 1. The number of aromatic nitrogens is 2. The molecule has 0 bridgehead atoms. The molecule has 0 radical (unpaired) electrons. The Morgan fingerprint density at radius 1 is 1.34 bits per heavy atom. The number of nitrogens with one attached hydrogen (secondary N) is 1. The second-order valence-electron chi connectivity index (χ2n) is 7.19. The Kier molecular flexibility index (Phi) is 5.64. The fourth-order valence-corrected chi connectivity index (χ4v) is 3.79. The first-order chi connectivity index (χ1) is 14.2. The van der Waals surface area contributed by atoms with E-state index in [0.29, 0.717) is 25.5 Å². The van der Waals surface area contributed by atoms with E-state index in [1.807, 2.05) is 49.1 Å². The average Bonchev–Trinajstić information content (AvgIpc) is 3.40. The molecule has 29 heavy (non-hydrogen) atoms. The van der Waals surface area contributed by atoms with Crippen molar-refractivity contribution in [3.05, 3.63) is 48.0 Å². The van der Waals surface area contributed by atoms with E-state index in [1.165, 1.54) is 0 Å². The summed E-state index contributed by atoms with van der Waals surface area (Å²) in [7, 11) is 0. The number of amides is 1. The van der Waals surface area contributed by atoms with Crippen molar-refractivity contribution in [3.8, 4) is 5.75 Å². The number of nitrogens with zero attached hydrogens (tertiary/aromatic N) is 3. The van der Waals surface area contributed by atoms with Gasteiger partial charge in [-0.2, -0.15) is 0 Å². The molecule has 0 spiro atoms. The van der Waals surface area contributed by atoms with Crippen LogP contribution in [0, 0.1) is 6.92 Å². The Morgan fingerprint density at radius 2 is 2.24 bits per heavy atom. The number of aryl methyl sites for hydroxylation is 1. The fraction of sp³-hybridized carbons (Fsp3) is 0.409. The lowest BCUT2D eigenvalue weighted by atomic mass is 10.2. The predicted octanol–water partition coefficient (Wildman–Crippen LogP) is 3.26. The molecule has 1 aliphatic rings. The van der Waals surface area contributed by atoms with Crippen molar-refractivity contribution in [1.82, 2.24) is 15.3 Å². The van der Waals surface area contributed by atoms with Gasteiger partial charge in [0, 0.05) is 24.9 Å². The van der Waals surface area contributed by atoms with Gasteiger partial charge < -0.3 is 19.4 Å². The Hall–Kier alpha value is -3.09. The summed E-state index contributed by atoms with van der Waals surface area (Å²) in [5.74, 6) is 2.31. The summed E-state index contributed by atoms with van der Waals surface area (Å²) in [6.45, 7) is 5.88. The number of furan rings is 1. The van der Waals surface area contributed by atoms with Gasteiger partial charge in [0.05, 0.1) is 24.1 Å². The first-order valence-electron chi connectivity index (χ1n) is 10.1. The smallest absolute Gasteiger partial charge is 0.242 e. The molecule has 7 nitrogen and oxygen atoms in total. The number of fused-ring (bicyclic) bond motifs is 1. The van der Waals surface area contributed by atoms with E-state index in [4.69, 9.17) is 19.1 Å². The molecule has 1 amide bonds. The molecule has 1 aromatic carbocycles. The number of carbonyl (C=O) groups is 1. The van der Waals surface area contributed by atoms with Crippen molar-refractivity contribution in [2.24, 2.45) is 0 Å². The quantitative estimate of drug-likeness (QED) is 0.663. The summed E-state index contributed by atoms with van der Waals surface area (Å²) in [4.78, 5) is 24.2. The fourth-order valence-electron chi connectivity index (χ4n) is 3.79. The van der Waals surface area contributed by atoms with Crippen LogP contribution in [-0.2, 0) is 11.2 Å². The number of hydrogen-bond donors (Lipinski definition) is 1. The van der Waals surface area contributed by atoms with Crippen molar-refractivity contribution in [1.29, 1.82) is 0 Å². The van der Waals surface area contributed by atoms with E-state index in [-0.39, 0.29) is 11.9 Å². The summed E-state index contributed by atoms with van der Waals surface area (Å²) >= 11 is 0. The van der Waals surface area contributed by atoms with Crippen LogP contribution in [0.25, 0.3) is 10.9 Å². The molecule has 0 saturated carbocycles. The van der Waals surface area contributed by atoms with Gasteiger partial charge in [0.2, 0.25) is 11.9 Å². The van der Waals surface area contributed by atoms with Gasteiger partial charge in [-0.15, -0.1) is 0 Å². The zero-order valence-corrected chi connectivity index (χ0v) is 16.9. The summed E-state index contributed by atoms with van der Waals surface area (Å²) in [6.07, 6.45) is 4.07. The molecule has 3 aromatic rings. The van der Waals surface area contributed by atoms with Crippen LogP contribution in [0.2, 0.25) is 0 Å². The van der Waals surface area contributed by atoms with Crippen LogP contribution in [0.15, 0.2) is 41.0 Å². The normalized spacial score (nSPS) is 16.3. The van der Waals surface area contributed by atoms with Crippen molar-refractivity contribution in [2.45, 2.75) is 39.2 Å². The zero-order valence-electron chi connectivity index (χ0n) is 16.9. The maximum absolute atomic E-state index is 12.8. The van der Waals surface area contributed by atoms with Gasteiger partial charge in [-0.25, -0.2) is 9.97 Å². The van der Waals surface area contributed by atoms with E-state index in [0.717, 1.165) is 47.5 Å². The van der Waals surface area contributed by atoms with Gasteiger partial charge in [-0.05, 0) is 57.0 Å². The van der Waals surface area contributed by atoms with Crippen LogP contribution in [0.4, 0.5) is 5.95 Å². The summed E-state index contributed by atoms with van der Waals surface area (Å²) < 4.78 is 10.9. The van der Waals surface area contributed by atoms with Crippen LogP contribution in [0.3, 0.4) is 0 Å². The maximum Gasteiger partial charge on any atom is 0.242 e. The number of benzene rings is 1. The molecule has 3 heterocycles. The van der Waals surface area contributed by atoms with Crippen LogP contribution in [-0.4, -0.2) is 41.6 Å². The lowest BCUT2D eigenvalue weighted by molar-refractivity contribution is -0.122. The minimum Gasteiger partial charge on any atom is -0.494 e. The number of rotatable bonds is 7. The lowest BCUT2D eigenvalue weighted by Crippen LogP contribution is -2.44. The van der Waals surface area contributed by atoms with E-state index in [2.05, 4.69) is 5.32 Å². The largest absolute Gasteiger partial charge is 0.494 e. The van der Waals surface area contributed by atoms with Crippen molar-refractivity contribution >= 4 is 22.8 Å². The van der Waals surface area contributed by atoms with E-state index >= 15 is 0 Å². The third kappa shape index (κ3) is 4.18. The molecule has 1 atom stereocenters. The monoisotopic (exact) mass is 394 g/mol. The predicted molar refractivity (Wildman–Crippen MR) is 111 cm³/mol. The van der Waals surface area contributed by atoms with Crippen LogP contribution < -0.4 is 15.0 Å². The number of carbonyl (C=O) groups excluding carboxylic acids is 1. The zero-order chi connectivity index (χ0) is 20.2. The summed E-state index contributed by atoms with van der Waals surface area (Å²) in [5.41, 5.74) is 1.75. The van der Waals surface area contributed by atoms with Gasteiger partial charge >= 0.3 is 0 Å². The van der Waals surface area contributed by atoms with Gasteiger partial charge in [0.1, 0.15) is 17.6 Å². The maximum atomic E-state index is 12.8. The lowest BCUT2D eigenvalue weighted by Gasteiger charge is -2.24. The summed E-state index contributed by atoms with van der Waals surface area (Å²) in [6, 6.07) is 9.37. The van der Waals surface area contributed by atoms with Crippen LogP contribution in [0.5, 0.6) is 5.75 Å². The molecular weight excluding hydrogens is 368 g/mol. The highest BCUT2D eigenvalue weighted by Gasteiger charge is 2.32.